The Morgan fingerprint density at radius 1 is 1.21 bits per heavy atom. The summed E-state index contributed by atoms with van der Waals surface area (Å²) in [6, 6.07) is 20.3. The van der Waals surface area contributed by atoms with Crippen LogP contribution in [0.1, 0.15) is 13.8 Å². The summed E-state index contributed by atoms with van der Waals surface area (Å²) in [6.07, 6.45) is 0. The molecule has 1 aliphatic heterocycles. The molecule has 6 heteroatoms. The molecule has 0 spiro atoms. The molecule has 1 atom stereocenters. The molecule has 3 N–H and O–H groups in total. The third-order valence-corrected chi connectivity index (χ3v) is 4.61. The molecule has 1 unspecified atom stereocenters. The van der Waals surface area contributed by atoms with Crippen molar-refractivity contribution in [2.24, 2.45) is 11.7 Å². The lowest BCUT2D eigenvalue weighted by Crippen LogP contribution is -2.58. The number of anilines is 2. The van der Waals surface area contributed by atoms with E-state index < -0.39 is 11.6 Å². The van der Waals surface area contributed by atoms with Gasteiger partial charge in [0.2, 0.25) is 0 Å². The minimum atomic E-state index is -1.67. The monoisotopic (exact) mass is 388 g/mol. The van der Waals surface area contributed by atoms with Gasteiger partial charge < -0.3 is 15.8 Å². The van der Waals surface area contributed by atoms with Gasteiger partial charge in [0.25, 0.3) is 11.6 Å². The fourth-order valence-electron chi connectivity index (χ4n) is 3.24. The van der Waals surface area contributed by atoms with Gasteiger partial charge in [-0.3, -0.25) is 9.69 Å². The Balaban J connectivity index is 2.14. The van der Waals surface area contributed by atoms with Crippen LogP contribution in [0.3, 0.4) is 0 Å². The van der Waals surface area contributed by atoms with Gasteiger partial charge in [-0.15, -0.1) is 0 Å². The van der Waals surface area contributed by atoms with Crippen LogP contribution < -0.4 is 16.0 Å². The summed E-state index contributed by atoms with van der Waals surface area (Å²) in [6.45, 7) is 8.28. The van der Waals surface area contributed by atoms with Gasteiger partial charge in [0, 0.05) is 16.9 Å². The molecule has 6 nitrogen and oxygen atoms in total. The van der Waals surface area contributed by atoms with E-state index in [1.165, 1.54) is 0 Å². The van der Waals surface area contributed by atoms with Crippen LogP contribution in [0.15, 0.2) is 84.2 Å². The van der Waals surface area contributed by atoms with Crippen molar-refractivity contribution in [3.63, 3.8) is 0 Å². The van der Waals surface area contributed by atoms with Crippen molar-refractivity contribution < 1.29 is 9.53 Å². The molecule has 2 aromatic carbocycles. The first-order valence-electron chi connectivity index (χ1n) is 9.37. The van der Waals surface area contributed by atoms with E-state index >= 15 is 0 Å². The lowest BCUT2D eigenvalue weighted by molar-refractivity contribution is -0.136. The first kappa shape index (κ1) is 20.2. The summed E-state index contributed by atoms with van der Waals surface area (Å²) >= 11 is 0. The Labute approximate surface area is 170 Å². The van der Waals surface area contributed by atoms with E-state index in [0.717, 1.165) is 0 Å². The van der Waals surface area contributed by atoms with Crippen LogP contribution in [0.4, 0.5) is 11.4 Å². The summed E-state index contributed by atoms with van der Waals surface area (Å²) in [5, 5.41) is 12.6. The quantitative estimate of drug-likeness (QED) is 0.786. The zero-order chi connectivity index (χ0) is 21.0. The summed E-state index contributed by atoms with van der Waals surface area (Å²) < 4.78 is 6.21. The highest BCUT2D eigenvalue weighted by Crippen LogP contribution is 2.44. The number of hydrogen-bond donors (Lipinski definition) is 2. The average Bonchev–Trinajstić information content (AvgIpc) is 2.94. The Morgan fingerprint density at radius 3 is 2.34 bits per heavy atom. The van der Waals surface area contributed by atoms with Crippen molar-refractivity contribution in [2.75, 3.05) is 16.8 Å². The number of carbonyl (C=O) groups excluding carboxylic acids is 1. The predicted octanol–water partition coefficient (Wildman–Crippen LogP) is 3.76. The van der Waals surface area contributed by atoms with Crippen LogP contribution >= 0.6 is 0 Å². The normalized spacial score (nSPS) is 18.8. The number of nitrogens with two attached hydrogens (primary N) is 1. The number of nitrogens with one attached hydrogen (secondary N) is 1. The number of nitriles is 1. The van der Waals surface area contributed by atoms with Gasteiger partial charge in [0.05, 0.1) is 6.61 Å². The molecule has 0 fully saturated rings. The molecule has 0 saturated carbocycles. The number of carbonyl (C=O) groups is 1. The second kappa shape index (κ2) is 8.21. The Bertz CT molecular complexity index is 977. The molecular formula is C23H24N4O2. The number of hydrogen-bond acceptors (Lipinski definition) is 5. The predicted molar refractivity (Wildman–Crippen MR) is 113 cm³/mol. The van der Waals surface area contributed by atoms with Crippen molar-refractivity contribution in [1.29, 1.82) is 5.26 Å². The number of benzene rings is 2. The molecule has 1 aliphatic rings. The van der Waals surface area contributed by atoms with Crippen molar-refractivity contribution in [3.05, 3.63) is 84.2 Å². The lowest BCUT2D eigenvalue weighted by atomic mass is 9.98. The van der Waals surface area contributed by atoms with E-state index in [0.29, 0.717) is 11.4 Å². The van der Waals surface area contributed by atoms with E-state index in [4.69, 9.17) is 10.5 Å². The third-order valence-electron chi connectivity index (χ3n) is 4.61. The summed E-state index contributed by atoms with van der Waals surface area (Å²) in [5.41, 5.74) is 6.25. The molecule has 1 heterocycles. The molecule has 1 amide bonds. The van der Waals surface area contributed by atoms with Crippen LogP contribution in [-0.4, -0.2) is 18.2 Å². The molecule has 148 valence electrons. The first-order valence-corrected chi connectivity index (χ1v) is 9.37. The van der Waals surface area contributed by atoms with E-state index in [2.05, 4.69) is 18.0 Å². The SMILES string of the molecule is C=C1C(C#N)=C(N)N(c2ccccc2)C1(OCC(C)C)C(=O)Nc1ccccc1. The molecule has 0 aliphatic carbocycles. The molecule has 3 rings (SSSR count). The molecule has 2 aromatic rings. The summed E-state index contributed by atoms with van der Waals surface area (Å²) in [4.78, 5) is 15.2. The third kappa shape index (κ3) is 3.60. The zero-order valence-electron chi connectivity index (χ0n) is 16.6. The summed E-state index contributed by atoms with van der Waals surface area (Å²) in [7, 11) is 0. The Hall–Kier alpha value is -3.56. The van der Waals surface area contributed by atoms with Crippen LogP contribution in [0.2, 0.25) is 0 Å². The number of nitrogens with zero attached hydrogens (tertiary/aromatic N) is 2. The Morgan fingerprint density at radius 2 is 1.79 bits per heavy atom. The van der Waals surface area contributed by atoms with E-state index in [-0.39, 0.29) is 29.5 Å². The first-order chi connectivity index (χ1) is 13.9. The maximum Gasteiger partial charge on any atom is 0.283 e. The molecule has 0 bridgehead atoms. The highest BCUT2D eigenvalue weighted by atomic mass is 16.5. The number of para-hydroxylation sites is 2. The van der Waals surface area contributed by atoms with Gasteiger partial charge in [0.15, 0.2) is 0 Å². The highest BCUT2D eigenvalue weighted by molar-refractivity contribution is 6.05. The van der Waals surface area contributed by atoms with Crippen LogP contribution in [0, 0.1) is 17.2 Å². The van der Waals surface area contributed by atoms with Crippen LogP contribution in [0.5, 0.6) is 0 Å². The van der Waals surface area contributed by atoms with Crippen LogP contribution in [0.25, 0.3) is 0 Å². The average molecular weight is 388 g/mol. The van der Waals surface area contributed by atoms with E-state index in [1.54, 1.807) is 17.0 Å². The topological polar surface area (TPSA) is 91.4 Å². The molecule has 0 radical (unpaired) electrons. The number of rotatable bonds is 6. The smallest absolute Gasteiger partial charge is 0.283 e. The fraction of sp³-hybridized carbons (Fsp3) is 0.217. The lowest BCUT2D eigenvalue weighted by Gasteiger charge is -2.39. The van der Waals surface area contributed by atoms with Gasteiger partial charge in [-0.1, -0.05) is 56.8 Å². The summed E-state index contributed by atoms with van der Waals surface area (Å²) in [5.74, 6) is -0.184. The van der Waals surface area contributed by atoms with Gasteiger partial charge in [-0.05, 0) is 30.2 Å². The highest BCUT2D eigenvalue weighted by Gasteiger charge is 2.56. The minimum absolute atomic E-state index is 0.135. The van der Waals surface area contributed by atoms with Crippen molar-refractivity contribution in [2.45, 2.75) is 19.6 Å². The van der Waals surface area contributed by atoms with E-state index in [9.17, 15) is 10.1 Å². The molecular weight excluding hydrogens is 364 g/mol. The van der Waals surface area contributed by atoms with Crippen molar-refractivity contribution in [3.8, 4) is 6.07 Å². The Kier molecular flexibility index (Phi) is 5.71. The van der Waals surface area contributed by atoms with Gasteiger partial charge >= 0.3 is 0 Å². The van der Waals surface area contributed by atoms with Gasteiger partial charge in [0.1, 0.15) is 17.5 Å². The molecule has 29 heavy (non-hydrogen) atoms. The number of ether oxygens (including phenoxy) is 1. The van der Waals surface area contributed by atoms with Crippen molar-refractivity contribution >= 4 is 17.3 Å². The zero-order valence-corrected chi connectivity index (χ0v) is 16.6. The fourth-order valence-corrected chi connectivity index (χ4v) is 3.24. The second-order valence-electron chi connectivity index (χ2n) is 7.19. The second-order valence-corrected chi connectivity index (χ2v) is 7.19. The van der Waals surface area contributed by atoms with Gasteiger partial charge in [-0.2, -0.15) is 5.26 Å². The maximum absolute atomic E-state index is 13.6. The van der Waals surface area contributed by atoms with Crippen molar-refractivity contribution in [1.82, 2.24) is 0 Å². The molecule has 0 saturated heterocycles. The van der Waals surface area contributed by atoms with Crippen LogP contribution in [-0.2, 0) is 9.53 Å². The number of amides is 1. The largest absolute Gasteiger partial charge is 0.384 e. The minimum Gasteiger partial charge on any atom is -0.384 e. The van der Waals surface area contributed by atoms with E-state index in [1.807, 2.05) is 62.4 Å². The maximum atomic E-state index is 13.6. The molecule has 0 aromatic heterocycles. The standard InChI is InChI=1S/C23H24N4O2/c1-16(2)15-29-23(22(28)26-18-10-6-4-7-11-18)17(3)20(14-24)21(25)27(23)19-12-8-5-9-13-19/h4-13,16H,3,15,25H2,1-2H3,(H,26,28). The van der Waals surface area contributed by atoms with Gasteiger partial charge in [-0.25, -0.2) is 0 Å².